The van der Waals surface area contributed by atoms with Gasteiger partial charge >= 0.3 is 6.09 Å². The second-order valence-electron chi connectivity index (χ2n) is 4.28. The van der Waals surface area contributed by atoms with E-state index < -0.39 is 18.0 Å². The van der Waals surface area contributed by atoms with Crippen LogP contribution < -0.4 is 11.1 Å². The number of nitrogens with zero attached hydrogens (tertiary/aromatic N) is 1. The summed E-state index contributed by atoms with van der Waals surface area (Å²) in [6, 6.07) is 8.45. The zero-order chi connectivity index (χ0) is 15.5. The van der Waals surface area contributed by atoms with Crippen molar-refractivity contribution >= 4 is 69.5 Å². The number of hydrogen-bond acceptors (Lipinski definition) is 5. The maximum atomic E-state index is 11.4. The molecule has 0 bridgehead atoms. The summed E-state index contributed by atoms with van der Waals surface area (Å²) in [6.07, 6.45) is 1.39. The van der Waals surface area contributed by atoms with Crippen molar-refractivity contribution in [3.05, 3.63) is 35.9 Å². The summed E-state index contributed by atoms with van der Waals surface area (Å²) in [7, 11) is 0. The first kappa shape index (κ1) is 21.1. The van der Waals surface area contributed by atoms with Crippen LogP contribution in [0.3, 0.4) is 0 Å². The summed E-state index contributed by atoms with van der Waals surface area (Å²) in [4.78, 5) is 35.3. The van der Waals surface area contributed by atoms with Crippen LogP contribution in [-0.4, -0.2) is 82.1 Å². The van der Waals surface area contributed by atoms with Crippen molar-refractivity contribution < 1.29 is 19.1 Å². The van der Waals surface area contributed by atoms with Crippen LogP contribution in [0.15, 0.2) is 35.3 Å². The number of nitrogens with two attached hydrogens (primary N) is 1. The van der Waals surface area contributed by atoms with Gasteiger partial charge in [0.25, 0.3) is 5.91 Å². The van der Waals surface area contributed by atoms with E-state index in [1.54, 1.807) is 0 Å². The van der Waals surface area contributed by atoms with Gasteiger partial charge in [0.1, 0.15) is 6.61 Å². The Morgan fingerprint density at radius 1 is 1.32 bits per heavy atom. The van der Waals surface area contributed by atoms with E-state index in [-0.39, 0.29) is 58.0 Å². The largest absolute Gasteiger partial charge is 0.445 e. The Bertz CT molecular complexity index is 518. The molecule has 0 saturated heterocycles. The van der Waals surface area contributed by atoms with Gasteiger partial charge in [-0.05, 0) is 18.4 Å². The van der Waals surface area contributed by atoms with Gasteiger partial charge in [-0.1, -0.05) is 30.3 Å². The third kappa shape index (κ3) is 9.21. The molecule has 0 aliphatic rings. The fraction of sp³-hybridized carbons (Fsp3) is 0.357. The van der Waals surface area contributed by atoms with Gasteiger partial charge in [0.2, 0.25) is 6.08 Å². The standard InChI is InChI=1S/C14H17N3O4.K/c15-12(13(19)17-10-18)7-4-8-16-14(20)21-9-11-5-2-1-3-6-11;/h1-3,5-6,12H,4,7-9,15H2,(H,16,20);/t12-;/m0./s1. The molecule has 1 radical (unpaired) electrons. The molecule has 0 aromatic heterocycles. The molecule has 0 fully saturated rings. The monoisotopic (exact) mass is 330 g/mol. The minimum Gasteiger partial charge on any atom is -0.445 e. The maximum Gasteiger partial charge on any atom is 0.407 e. The number of benzene rings is 1. The second kappa shape index (κ2) is 12.7. The molecule has 7 nitrogen and oxygen atoms in total. The second-order valence-corrected chi connectivity index (χ2v) is 4.28. The number of carbonyl (C=O) groups is 2. The molecule has 8 heteroatoms. The molecule has 1 rings (SSSR count). The molecule has 2 amide bonds. The van der Waals surface area contributed by atoms with Crippen molar-refractivity contribution in [2.24, 2.45) is 10.7 Å². The van der Waals surface area contributed by atoms with Gasteiger partial charge in [-0.15, -0.1) is 4.99 Å². The Labute approximate surface area is 171 Å². The maximum absolute atomic E-state index is 11.4. The van der Waals surface area contributed by atoms with Crippen molar-refractivity contribution in [3.8, 4) is 0 Å². The summed E-state index contributed by atoms with van der Waals surface area (Å²) >= 11 is 0. The van der Waals surface area contributed by atoms with E-state index in [4.69, 9.17) is 10.5 Å². The molecular formula is C14H17KN3O4. The van der Waals surface area contributed by atoms with E-state index in [0.717, 1.165) is 11.6 Å². The summed E-state index contributed by atoms with van der Waals surface area (Å²) < 4.78 is 5.00. The van der Waals surface area contributed by atoms with E-state index >= 15 is 0 Å². The van der Waals surface area contributed by atoms with Crippen LogP contribution in [0.2, 0.25) is 0 Å². The number of isocyanates is 1. The van der Waals surface area contributed by atoms with E-state index in [0.29, 0.717) is 19.4 Å². The Morgan fingerprint density at radius 2 is 2.00 bits per heavy atom. The molecule has 3 N–H and O–H groups in total. The fourth-order valence-electron chi connectivity index (χ4n) is 1.54. The van der Waals surface area contributed by atoms with Crippen molar-refractivity contribution in [2.75, 3.05) is 6.54 Å². The van der Waals surface area contributed by atoms with Crippen molar-refractivity contribution in [1.29, 1.82) is 0 Å². The fourth-order valence-corrected chi connectivity index (χ4v) is 1.54. The number of hydrogen-bond donors (Lipinski definition) is 2. The number of nitrogens with one attached hydrogen (secondary N) is 1. The van der Waals surface area contributed by atoms with Crippen LogP contribution >= 0.6 is 0 Å². The van der Waals surface area contributed by atoms with Gasteiger partial charge in [0, 0.05) is 57.9 Å². The Morgan fingerprint density at radius 3 is 2.64 bits per heavy atom. The normalized spacial score (nSPS) is 10.6. The molecule has 1 atom stereocenters. The molecule has 0 saturated carbocycles. The third-order valence-electron chi connectivity index (χ3n) is 2.65. The molecule has 0 spiro atoms. The number of alkyl carbamates (subject to hydrolysis) is 1. The predicted molar refractivity (Wildman–Crippen MR) is 80.7 cm³/mol. The molecule has 22 heavy (non-hydrogen) atoms. The summed E-state index contributed by atoms with van der Waals surface area (Å²) in [5.41, 5.74) is 6.38. The van der Waals surface area contributed by atoms with Gasteiger partial charge in [-0.2, -0.15) is 0 Å². The molecule has 0 unspecified atom stereocenters. The molecule has 1 aromatic carbocycles. The summed E-state index contributed by atoms with van der Waals surface area (Å²) in [6.45, 7) is 0.512. The first-order valence-corrected chi connectivity index (χ1v) is 6.45. The van der Waals surface area contributed by atoms with E-state index in [9.17, 15) is 14.4 Å². The quantitative estimate of drug-likeness (QED) is 0.327. The molecule has 1 aromatic rings. The zero-order valence-corrected chi connectivity index (χ0v) is 15.6. The Balaban J connectivity index is 0.00000441. The van der Waals surface area contributed by atoms with Crippen LogP contribution in [0, 0.1) is 0 Å². The van der Waals surface area contributed by atoms with Crippen molar-refractivity contribution in [3.63, 3.8) is 0 Å². The Kier molecular flexibility index (Phi) is 12.2. The number of ether oxygens (including phenoxy) is 1. The molecule has 0 aliphatic carbocycles. The topological polar surface area (TPSA) is 111 Å². The molecule has 0 heterocycles. The van der Waals surface area contributed by atoms with Crippen molar-refractivity contribution in [1.82, 2.24) is 5.32 Å². The van der Waals surface area contributed by atoms with Gasteiger partial charge < -0.3 is 15.8 Å². The van der Waals surface area contributed by atoms with Crippen LogP contribution in [0.25, 0.3) is 0 Å². The predicted octanol–water partition coefficient (Wildman–Crippen LogP) is 0.502. The van der Waals surface area contributed by atoms with E-state index in [1.807, 2.05) is 30.3 Å². The number of rotatable bonds is 7. The van der Waals surface area contributed by atoms with Crippen molar-refractivity contribution in [2.45, 2.75) is 25.5 Å². The number of aliphatic imine (C=N–C) groups is 1. The van der Waals surface area contributed by atoms with Gasteiger partial charge in [-0.25, -0.2) is 9.59 Å². The SMILES string of the molecule is N[C@@H](CCCNC(=O)OCc1ccccc1)C(=O)N=C=O.[K]. The minimum atomic E-state index is -0.853. The first-order chi connectivity index (χ1) is 10.1. The van der Waals surface area contributed by atoms with Crippen LogP contribution in [0.5, 0.6) is 0 Å². The van der Waals surface area contributed by atoms with Gasteiger partial charge in [-0.3, -0.25) is 4.79 Å². The smallest absolute Gasteiger partial charge is 0.407 e. The van der Waals surface area contributed by atoms with Gasteiger partial charge in [0.15, 0.2) is 0 Å². The third-order valence-corrected chi connectivity index (χ3v) is 2.65. The van der Waals surface area contributed by atoms with E-state index in [1.165, 1.54) is 0 Å². The Hall–Kier alpha value is -0.864. The molecule has 0 aliphatic heterocycles. The first-order valence-electron chi connectivity index (χ1n) is 6.45. The summed E-state index contributed by atoms with van der Waals surface area (Å²) in [5.74, 6) is -0.711. The zero-order valence-electron chi connectivity index (χ0n) is 12.5. The van der Waals surface area contributed by atoms with Gasteiger partial charge in [0.05, 0.1) is 6.04 Å². The molecule has 113 valence electrons. The number of amides is 2. The van der Waals surface area contributed by atoms with E-state index in [2.05, 4.69) is 10.3 Å². The summed E-state index contributed by atoms with van der Waals surface area (Å²) in [5, 5.41) is 2.54. The average molecular weight is 330 g/mol. The minimum absolute atomic E-state index is 0. The van der Waals surface area contributed by atoms with Crippen LogP contribution in [0.1, 0.15) is 18.4 Å². The molecular weight excluding hydrogens is 313 g/mol. The van der Waals surface area contributed by atoms with Crippen LogP contribution in [-0.2, 0) is 20.9 Å². The average Bonchev–Trinajstić information content (AvgIpc) is 2.50. The number of carbonyl (C=O) groups excluding carboxylic acids is 3. The van der Waals surface area contributed by atoms with Crippen LogP contribution in [0.4, 0.5) is 4.79 Å².